The molecule has 0 N–H and O–H groups in total. The Morgan fingerprint density at radius 1 is 0.389 bits per heavy atom. The number of aromatic nitrogens is 2. The van der Waals surface area contributed by atoms with Crippen molar-refractivity contribution in [2.24, 2.45) is 0 Å². The third kappa shape index (κ3) is 4.68. The van der Waals surface area contributed by atoms with Crippen molar-refractivity contribution in [3.05, 3.63) is 217 Å². The maximum absolute atomic E-state index is 5.41. The van der Waals surface area contributed by atoms with Gasteiger partial charge in [0.05, 0.1) is 22.5 Å². The van der Waals surface area contributed by atoms with Crippen LogP contribution in [0.1, 0.15) is 22.3 Å². The molecule has 9 aromatic rings. The van der Waals surface area contributed by atoms with Gasteiger partial charge in [-0.1, -0.05) is 157 Å². The Kier molecular flexibility index (Phi) is 7.05. The van der Waals surface area contributed by atoms with Crippen LogP contribution in [0.15, 0.2) is 204 Å². The van der Waals surface area contributed by atoms with Gasteiger partial charge in [-0.3, -0.25) is 4.98 Å². The topological polar surface area (TPSA) is 25.8 Å². The van der Waals surface area contributed by atoms with Crippen LogP contribution in [0.4, 0.5) is 0 Å². The second-order valence-electron chi connectivity index (χ2n) is 14.1. The zero-order valence-electron chi connectivity index (χ0n) is 29.3. The normalized spacial score (nSPS) is 13.3. The molecule has 0 saturated heterocycles. The van der Waals surface area contributed by atoms with Crippen LogP contribution in [0.3, 0.4) is 0 Å². The summed E-state index contributed by atoms with van der Waals surface area (Å²) in [6.45, 7) is 0. The summed E-state index contributed by atoms with van der Waals surface area (Å²) in [4.78, 5) is 12.9. The Labute approximate surface area is 318 Å². The molecule has 7 aromatic carbocycles. The molecule has 3 heteroatoms. The van der Waals surface area contributed by atoms with Gasteiger partial charge >= 0.3 is 0 Å². The molecule has 0 saturated carbocycles. The van der Waals surface area contributed by atoms with Crippen LogP contribution in [0.25, 0.3) is 66.8 Å². The maximum atomic E-state index is 5.41. The van der Waals surface area contributed by atoms with Crippen LogP contribution in [0.2, 0.25) is 0 Å². The number of hydrogen-bond donors (Lipinski definition) is 0. The average Bonchev–Trinajstić information content (AvgIpc) is 3.53. The first kappa shape index (κ1) is 31.0. The van der Waals surface area contributed by atoms with E-state index in [0.717, 1.165) is 44.7 Å². The quantitative estimate of drug-likeness (QED) is 0.182. The molecule has 1 aliphatic heterocycles. The van der Waals surface area contributed by atoms with Crippen LogP contribution in [-0.2, 0) is 5.41 Å². The first-order valence-corrected chi connectivity index (χ1v) is 19.2. The molecule has 252 valence electrons. The summed E-state index contributed by atoms with van der Waals surface area (Å²) in [6, 6.07) is 68.3. The predicted octanol–water partition coefficient (Wildman–Crippen LogP) is 13.1. The molecule has 0 bridgehead atoms. The molecule has 54 heavy (non-hydrogen) atoms. The third-order valence-corrected chi connectivity index (χ3v) is 12.3. The minimum absolute atomic E-state index is 0.543. The van der Waals surface area contributed by atoms with Crippen molar-refractivity contribution < 1.29 is 0 Å². The highest BCUT2D eigenvalue weighted by atomic mass is 32.2. The van der Waals surface area contributed by atoms with Crippen molar-refractivity contribution >= 4 is 22.5 Å². The van der Waals surface area contributed by atoms with Gasteiger partial charge < -0.3 is 0 Å². The molecule has 2 aromatic heterocycles. The van der Waals surface area contributed by atoms with Crippen LogP contribution in [0.5, 0.6) is 0 Å². The van der Waals surface area contributed by atoms with Crippen molar-refractivity contribution in [2.45, 2.75) is 15.2 Å². The summed E-state index contributed by atoms with van der Waals surface area (Å²) in [6.07, 6.45) is 1.93. The second-order valence-corrected chi connectivity index (χ2v) is 15.2. The van der Waals surface area contributed by atoms with Gasteiger partial charge in [-0.2, -0.15) is 0 Å². The standard InChI is InChI=1S/C51H32N2S/c1-3-13-33(14-4-1)35-27-28-52-46(31-35)37-23-25-40-41-26-24-38(50-39-18-8-7-17-36(39)32-47(53-50)34-15-5-2-6-16-34)30-45(41)51(44(40)29-37)42-19-9-11-21-48(42)54-49-22-12-10-20-43(49)51/h1-32H. The Morgan fingerprint density at radius 2 is 0.981 bits per heavy atom. The maximum Gasteiger partial charge on any atom is 0.0787 e. The molecule has 0 amide bonds. The van der Waals surface area contributed by atoms with Gasteiger partial charge in [0.2, 0.25) is 0 Å². The highest BCUT2D eigenvalue weighted by molar-refractivity contribution is 7.99. The van der Waals surface area contributed by atoms with Crippen molar-refractivity contribution in [2.75, 3.05) is 0 Å². The fourth-order valence-corrected chi connectivity index (χ4v) is 9.97. The van der Waals surface area contributed by atoms with Gasteiger partial charge in [-0.05, 0) is 92.4 Å². The summed E-state index contributed by atoms with van der Waals surface area (Å²) in [5, 5.41) is 2.33. The smallest absolute Gasteiger partial charge is 0.0787 e. The highest BCUT2D eigenvalue weighted by Crippen LogP contribution is 2.63. The number of rotatable bonds is 4. The first-order chi connectivity index (χ1) is 26.8. The number of benzene rings is 7. The minimum atomic E-state index is -0.543. The zero-order valence-corrected chi connectivity index (χ0v) is 30.1. The minimum Gasteiger partial charge on any atom is -0.256 e. The third-order valence-electron chi connectivity index (χ3n) is 11.2. The molecule has 0 fully saturated rings. The summed E-state index contributed by atoms with van der Waals surface area (Å²) < 4.78 is 0. The van der Waals surface area contributed by atoms with E-state index in [1.165, 1.54) is 54.1 Å². The molecule has 2 nitrogen and oxygen atoms in total. The monoisotopic (exact) mass is 704 g/mol. The van der Waals surface area contributed by atoms with E-state index in [1.807, 2.05) is 18.0 Å². The van der Waals surface area contributed by atoms with E-state index in [2.05, 4.69) is 188 Å². The van der Waals surface area contributed by atoms with E-state index in [4.69, 9.17) is 9.97 Å². The van der Waals surface area contributed by atoms with E-state index in [1.54, 1.807) is 0 Å². The fourth-order valence-electron chi connectivity index (χ4n) is 8.78. The van der Waals surface area contributed by atoms with Crippen molar-refractivity contribution in [3.63, 3.8) is 0 Å². The number of pyridine rings is 2. The molecule has 0 radical (unpaired) electrons. The molecule has 0 atom stereocenters. The lowest BCUT2D eigenvalue weighted by Gasteiger charge is -2.39. The van der Waals surface area contributed by atoms with E-state index in [9.17, 15) is 0 Å². The van der Waals surface area contributed by atoms with Gasteiger partial charge in [0.25, 0.3) is 0 Å². The number of nitrogens with zero attached hydrogens (tertiary/aromatic N) is 2. The lowest BCUT2D eigenvalue weighted by Crippen LogP contribution is -2.32. The molecule has 1 spiro atoms. The Balaban J connectivity index is 1.18. The SMILES string of the molecule is c1ccc(-c2ccnc(-c3ccc4c(c3)C3(c5ccccc5Sc5ccccc53)c3cc(-c5nc(-c6ccccc6)cc6ccccc56)ccc3-4)c2)cc1. The predicted molar refractivity (Wildman–Crippen MR) is 223 cm³/mol. The molecular formula is C51H32N2S. The van der Waals surface area contributed by atoms with Crippen LogP contribution in [0, 0.1) is 0 Å². The molecule has 3 heterocycles. The summed E-state index contributed by atoms with van der Waals surface area (Å²) in [5.74, 6) is 0. The highest BCUT2D eigenvalue weighted by Gasteiger charge is 2.50. The van der Waals surface area contributed by atoms with Crippen LogP contribution >= 0.6 is 11.8 Å². The van der Waals surface area contributed by atoms with Crippen LogP contribution in [-0.4, -0.2) is 9.97 Å². The van der Waals surface area contributed by atoms with Gasteiger partial charge in [0, 0.05) is 38.1 Å². The Morgan fingerprint density at radius 3 is 1.70 bits per heavy atom. The van der Waals surface area contributed by atoms with Crippen molar-refractivity contribution in [3.8, 4) is 56.0 Å². The summed E-state index contributed by atoms with van der Waals surface area (Å²) in [5.41, 5.74) is 15.8. The molecule has 2 aliphatic rings. The lowest BCUT2D eigenvalue weighted by molar-refractivity contribution is 0.723. The Hall–Kier alpha value is -6.55. The number of hydrogen-bond acceptors (Lipinski definition) is 3. The van der Waals surface area contributed by atoms with Gasteiger partial charge in [0.15, 0.2) is 0 Å². The van der Waals surface area contributed by atoms with E-state index in [-0.39, 0.29) is 0 Å². The summed E-state index contributed by atoms with van der Waals surface area (Å²) in [7, 11) is 0. The van der Waals surface area contributed by atoms with Gasteiger partial charge in [0.1, 0.15) is 0 Å². The fraction of sp³-hybridized carbons (Fsp3) is 0.0196. The molecule has 0 unspecified atom stereocenters. The molecular weight excluding hydrogens is 673 g/mol. The van der Waals surface area contributed by atoms with Crippen molar-refractivity contribution in [1.29, 1.82) is 0 Å². The van der Waals surface area contributed by atoms with Crippen LogP contribution < -0.4 is 0 Å². The molecule has 1 aliphatic carbocycles. The Bertz CT molecular complexity index is 2870. The van der Waals surface area contributed by atoms with Crippen molar-refractivity contribution in [1.82, 2.24) is 9.97 Å². The summed E-state index contributed by atoms with van der Waals surface area (Å²) >= 11 is 1.87. The number of fused-ring (bicyclic) bond motifs is 10. The zero-order chi connectivity index (χ0) is 35.6. The lowest BCUT2D eigenvalue weighted by atomic mass is 9.67. The molecule has 11 rings (SSSR count). The van der Waals surface area contributed by atoms with E-state index < -0.39 is 5.41 Å². The van der Waals surface area contributed by atoms with E-state index >= 15 is 0 Å². The first-order valence-electron chi connectivity index (χ1n) is 18.4. The van der Waals surface area contributed by atoms with E-state index in [0.29, 0.717) is 0 Å². The van der Waals surface area contributed by atoms with Gasteiger partial charge in [-0.15, -0.1) is 0 Å². The second kappa shape index (κ2) is 12.3. The largest absolute Gasteiger partial charge is 0.256 e. The van der Waals surface area contributed by atoms with Gasteiger partial charge in [-0.25, -0.2) is 4.98 Å². The average molecular weight is 705 g/mol.